The summed E-state index contributed by atoms with van der Waals surface area (Å²) in [7, 11) is 0. The Kier molecular flexibility index (Phi) is 6.59. The number of nitrogens with zero attached hydrogens (tertiary/aromatic N) is 4. The number of halogens is 4. The minimum Gasteiger partial charge on any atom is -0.309 e. The number of carbonyl (C=O) groups excluding carboxylic acids is 1. The smallest absolute Gasteiger partial charge is 0.309 e. The minimum atomic E-state index is -4.83. The number of aromatic nitrogens is 5. The molecule has 0 saturated heterocycles. The summed E-state index contributed by atoms with van der Waals surface area (Å²) in [6, 6.07) is 10.4. The summed E-state index contributed by atoms with van der Waals surface area (Å²) in [4.78, 5) is 35.7. The van der Waals surface area contributed by atoms with Crippen molar-refractivity contribution in [1.29, 1.82) is 0 Å². The predicted molar refractivity (Wildman–Crippen MR) is 141 cm³/mol. The number of fused-ring (bicyclic) bond motifs is 1. The molecule has 4 heterocycles. The number of aromatic amines is 1. The van der Waals surface area contributed by atoms with Crippen molar-refractivity contribution < 1.29 is 18.0 Å². The maximum Gasteiger partial charge on any atom is 0.421 e. The fourth-order valence-corrected chi connectivity index (χ4v) is 4.96. The van der Waals surface area contributed by atoms with Crippen LogP contribution in [0.5, 0.6) is 0 Å². The molecule has 7 nitrogen and oxygen atoms in total. The number of hydrogen-bond acceptors (Lipinski definition) is 5. The molecule has 0 aliphatic carbocycles. The molecule has 0 fully saturated rings. The van der Waals surface area contributed by atoms with Gasteiger partial charge in [-0.25, -0.2) is 0 Å². The molecule has 0 unspecified atom stereocenters. The lowest BCUT2D eigenvalue weighted by Gasteiger charge is -2.15. The maximum atomic E-state index is 14.0. The highest BCUT2D eigenvalue weighted by atomic mass is 35.5. The zero-order valence-corrected chi connectivity index (χ0v) is 21.8. The second-order valence-corrected chi connectivity index (χ2v) is 9.60. The van der Waals surface area contributed by atoms with Crippen LogP contribution >= 0.6 is 11.6 Å². The zero-order chi connectivity index (χ0) is 28.1. The van der Waals surface area contributed by atoms with Crippen molar-refractivity contribution in [1.82, 2.24) is 24.7 Å². The first-order valence-electron chi connectivity index (χ1n) is 11.8. The Hall–Kier alpha value is -4.31. The Bertz CT molecular complexity index is 1830. The van der Waals surface area contributed by atoms with Gasteiger partial charge in [0.05, 0.1) is 40.2 Å². The van der Waals surface area contributed by atoms with Crippen molar-refractivity contribution in [2.24, 2.45) is 0 Å². The van der Waals surface area contributed by atoms with E-state index in [1.807, 2.05) is 26.0 Å². The Morgan fingerprint density at radius 1 is 1.05 bits per heavy atom. The van der Waals surface area contributed by atoms with Crippen LogP contribution in [0.15, 0.2) is 59.7 Å². The molecule has 1 aromatic carbocycles. The molecule has 198 valence electrons. The number of H-pyrrole nitrogens is 1. The molecule has 0 bridgehead atoms. The van der Waals surface area contributed by atoms with Crippen LogP contribution < -0.4 is 5.56 Å². The van der Waals surface area contributed by atoms with Crippen LogP contribution in [0.1, 0.15) is 44.1 Å². The highest BCUT2D eigenvalue weighted by Crippen LogP contribution is 2.33. The van der Waals surface area contributed by atoms with Crippen LogP contribution in [0.4, 0.5) is 13.2 Å². The molecule has 11 heteroatoms. The molecule has 39 heavy (non-hydrogen) atoms. The molecule has 4 aromatic heterocycles. The van der Waals surface area contributed by atoms with Gasteiger partial charge in [0.25, 0.3) is 5.56 Å². The predicted octanol–water partition coefficient (Wildman–Crippen LogP) is 6.06. The number of nitrogens with one attached hydrogen (secondary N) is 1. The molecule has 0 aliphatic rings. The quantitative estimate of drug-likeness (QED) is 0.268. The summed E-state index contributed by atoms with van der Waals surface area (Å²) in [5.74, 6) is -0.515. The Morgan fingerprint density at radius 2 is 1.79 bits per heavy atom. The zero-order valence-electron chi connectivity index (χ0n) is 21.0. The van der Waals surface area contributed by atoms with Gasteiger partial charge < -0.3 is 4.57 Å². The Labute approximate surface area is 225 Å². The van der Waals surface area contributed by atoms with Gasteiger partial charge in [0.1, 0.15) is 5.56 Å². The van der Waals surface area contributed by atoms with Crippen molar-refractivity contribution in [3.8, 4) is 11.3 Å². The average Bonchev–Trinajstić information content (AvgIpc) is 3.28. The summed E-state index contributed by atoms with van der Waals surface area (Å²) >= 11 is 6.54. The lowest BCUT2D eigenvalue weighted by atomic mass is 9.95. The summed E-state index contributed by atoms with van der Waals surface area (Å²) in [6.07, 6.45) is -1.91. The highest BCUT2D eigenvalue weighted by molar-refractivity contribution is 6.35. The molecule has 0 saturated carbocycles. The van der Waals surface area contributed by atoms with E-state index in [-0.39, 0.29) is 28.4 Å². The standard InChI is InChI=1S/C28H21ClF3N5O2/c1-14-12-33-36-24(14)19-10-15(2)35-25-17(19)6-4-7-18(25)26(38)23-21(29)11-16(3)34-22(23)13-37-9-5-8-20(27(37)39)28(30,31)32/h4-12H,13H2,1-3H3,(H,33,36). The maximum absolute atomic E-state index is 14.0. The Morgan fingerprint density at radius 3 is 2.49 bits per heavy atom. The fraction of sp³-hybridized carbons (Fsp3) is 0.179. The van der Waals surface area contributed by atoms with Gasteiger partial charge in [-0.2, -0.15) is 18.3 Å². The lowest BCUT2D eigenvalue weighted by molar-refractivity contribution is -0.138. The first kappa shape index (κ1) is 26.3. The van der Waals surface area contributed by atoms with E-state index in [1.165, 1.54) is 12.3 Å². The van der Waals surface area contributed by atoms with Crippen LogP contribution in [0.2, 0.25) is 5.02 Å². The molecule has 0 radical (unpaired) electrons. The molecule has 5 rings (SSSR count). The van der Waals surface area contributed by atoms with Crippen LogP contribution in [-0.2, 0) is 12.7 Å². The van der Waals surface area contributed by atoms with Crippen LogP contribution in [0, 0.1) is 20.8 Å². The van der Waals surface area contributed by atoms with E-state index in [2.05, 4.69) is 20.2 Å². The third-order valence-electron chi connectivity index (χ3n) is 6.36. The molecule has 0 aliphatic heterocycles. The fourth-order valence-electron chi connectivity index (χ4n) is 4.61. The molecular formula is C28H21ClF3N5O2. The van der Waals surface area contributed by atoms with Gasteiger partial charge in [-0.1, -0.05) is 23.7 Å². The van der Waals surface area contributed by atoms with Gasteiger partial charge in [0.15, 0.2) is 5.78 Å². The monoisotopic (exact) mass is 551 g/mol. The van der Waals surface area contributed by atoms with Gasteiger partial charge in [-0.15, -0.1) is 0 Å². The SMILES string of the molecule is Cc1cc(Cl)c(C(=O)c2cccc3c(-c4[nH]ncc4C)cc(C)nc23)c(Cn2cccc(C(F)(F)F)c2=O)n1. The number of benzene rings is 1. The van der Waals surface area contributed by atoms with Gasteiger partial charge in [-0.05, 0) is 56.7 Å². The molecule has 1 N–H and O–H groups in total. The summed E-state index contributed by atoms with van der Waals surface area (Å²) in [5, 5.41) is 7.86. The molecule has 0 spiro atoms. The van der Waals surface area contributed by atoms with E-state index in [1.54, 1.807) is 25.3 Å². The first-order chi connectivity index (χ1) is 18.5. The van der Waals surface area contributed by atoms with Crippen LogP contribution in [-0.4, -0.2) is 30.5 Å². The van der Waals surface area contributed by atoms with E-state index in [9.17, 15) is 22.8 Å². The van der Waals surface area contributed by atoms with Crippen molar-refractivity contribution >= 4 is 28.3 Å². The van der Waals surface area contributed by atoms with Gasteiger partial charge in [-0.3, -0.25) is 24.7 Å². The third kappa shape index (κ3) is 4.83. The summed E-state index contributed by atoms with van der Waals surface area (Å²) in [6.45, 7) is 4.97. The first-order valence-corrected chi connectivity index (χ1v) is 12.2. The van der Waals surface area contributed by atoms with E-state index in [0.717, 1.165) is 27.5 Å². The second kappa shape index (κ2) is 9.77. The largest absolute Gasteiger partial charge is 0.421 e. The molecule has 5 aromatic rings. The number of para-hydroxylation sites is 1. The number of aryl methyl sites for hydroxylation is 3. The van der Waals surface area contributed by atoms with E-state index < -0.39 is 23.1 Å². The topological polar surface area (TPSA) is 93.5 Å². The number of alkyl halides is 3. The van der Waals surface area contributed by atoms with Crippen LogP contribution in [0.25, 0.3) is 22.2 Å². The van der Waals surface area contributed by atoms with Crippen molar-refractivity contribution in [2.45, 2.75) is 33.5 Å². The number of ketones is 1. The summed E-state index contributed by atoms with van der Waals surface area (Å²) in [5.41, 5.74) is 1.77. The molecule has 0 atom stereocenters. The normalized spacial score (nSPS) is 11.8. The number of hydrogen-bond donors (Lipinski definition) is 1. The van der Waals surface area contributed by atoms with Crippen molar-refractivity contribution in [2.75, 3.05) is 0 Å². The van der Waals surface area contributed by atoms with Gasteiger partial charge in [0, 0.05) is 34.1 Å². The van der Waals surface area contributed by atoms with Gasteiger partial charge in [0.2, 0.25) is 0 Å². The lowest BCUT2D eigenvalue weighted by Crippen LogP contribution is -2.29. The average molecular weight is 552 g/mol. The number of pyridine rings is 3. The third-order valence-corrected chi connectivity index (χ3v) is 6.66. The van der Waals surface area contributed by atoms with Gasteiger partial charge >= 0.3 is 6.18 Å². The number of carbonyl (C=O) groups is 1. The van der Waals surface area contributed by atoms with E-state index in [4.69, 9.17) is 11.6 Å². The highest BCUT2D eigenvalue weighted by Gasteiger charge is 2.34. The molecular weight excluding hydrogens is 531 g/mol. The van der Waals surface area contributed by atoms with E-state index >= 15 is 0 Å². The van der Waals surface area contributed by atoms with E-state index in [0.29, 0.717) is 28.4 Å². The van der Waals surface area contributed by atoms with Crippen LogP contribution in [0.3, 0.4) is 0 Å². The van der Waals surface area contributed by atoms with Crippen molar-refractivity contribution in [3.05, 3.63) is 110 Å². The molecule has 0 amide bonds. The summed E-state index contributed by atoms with van der Waals surface area (Å²) < 4.78 is 40.9. The van der Waals surface area contributed by atoms with Crippen molar-refractivity contribution in [3.63, 3.8) is 0 Å². The minimum absolute atomic E-state index is 0.0124. The Balaban J connectivity index is 1.68. The second-order valence-electron chi connectivity index (χ2n) is 9.19. The number of rotatable bonds is 5.